The number of aliphatic carboxylic acids is 1. The molecule has 0 radical (unpaired) electrons. The zero-order valence-electron chi connectivity index (χ0n) is 9.04. The molecule has 2 saturated carbocycles. The van der Waals surface area contributed by atoms with E-state index in [2.05, 4.69) is 0 Å². The Morgan fingerprint density at radius 3 is 2.62 bits per heavy atom. The third kappa shape index (κ3) is 1.75. The van der Waals surface area contributed by atoms with Crippen LogP contribution in [0.4, 0.5) is 0 Å². The highest BCUT2D eigenvalue weighted by Gasteiger charge is 2.68. The summed E-state index contributed by atoms with van der Waals surface area (Å²) in [5.41, 5.74) is -0.927. The Bertz CT molecular complexity index is 295. The molecule has 2 rings (SSSR count). The van der Waals surface area contributed by atoms with Crippen molar-refractivity contribution in [1.82, 2.24) is 0 Å². The average Bonchev–Trinajstić information content (AvgIpc) is 2.94. The molecule has 6 heteroatoms. The van der Waals surface area contributed by atoms with Gasteiger partial charge in [0, 0.05) is 0 Å². The average molecular weight is 228 g/mol. The van der Waals surface area contributed by atoms with Crippen LogP contribution in [0, 0.1) is 17.3 Å². The quantitative estimate of drug-likeness (QED) is 0.495. The summed E-state index contributed by atoms with van der Waals surface area (Å²) in [6.07, 6.45) is 2.01. The maximum absolute atomic E-state index is 11.2. The van der Waals surface area contributed by atoms with Crippen LogP contribution < -0.4 is 0 Å². The predicted octanol–water partition coefficient (Wildman–Crippen LogP) is -0.289. The van der Waals surface area contributed by atoms with Gasteiger partial charge in [0.05, 0.1) is 11.5 Å². The first-order chi connectivity index (χ1) is 7.48. The van der Waals surface area contributed by atoms with Crippen LogP contribution in [0.3, 0.4) is 0 Å². The Morgan fingerprint density at radius 1 is 1.38 bits per heavy atom. The van der Waals surface area contributed by atoms with Gasteiger partial charge in [-0.25, -0.2) is 0 Å². The van der Waals surface area contributed by atoms with Crippen LogP contribution in [-0.2, 0) is 4.79 Å². The van der Waals surface area contributed by atoms with Gasteiger partial charge in [-0.05, 0) is 37.4 Å². The van der Waals surface area contributed by atoms with E-state index in [1.54, 1.807) is 0 Å². The lowest BCUT2D eigenvalue weighted by atomic mass is 9.73. The zero-order chi connectivity index (χ0) is 11.9. The summed E-state index contributed by atoms with van der Waals surface area (Å²) >= 11 is 0. The monoisotopic (exact) mass is 228 g/mol. The summed E-state index contributed by atoms with van der Waals surface area (Å²) in [4.78, 5) is 11.2. The second-order valence-electron chi connectivity index (χ2n) is 5.07. The van der Waals surface area contributed by atoms with Crippen LogP contribution >= 0.6 is 0 Å². The molecule has 0 aromatic rings. The molecule has 4 N–H and O–H groups in total. The number of aliphatic hydroxyl groups excluding tert-OH is 1. The molecule has 2 aliphatic rings. The van der Waals surface area contributed by atoms with Gasteiger partial charge in [0.15, 0.2) is 0 Å². The minimum absolute atomic E-state index is 0.0208. The molecule has 2 fully saturated rings. The molecule has 4 atom stereocenters. The number of aliphatic hydroxyl groups is 1. The Labute approximate surface area is 94.2 Å². The van der Waals surface area contributed by atoms with E-state index >= 15 is 0 Å². The Balaban J connectivity index is 1.98. The van der Waals surface area contributed by atoms with Crippen molar-refractivity contribution in [2.45, 2.75) is 38.1 Å². The lowest BCUT2D eigenvalue weighted by Crippen LogP contribution is -2.37. The molecule has 2 aliphatic carbocycles. The number of carboxylic acids is 1. The van der Waals surface area contributed by atoms with Crippen molar-refractivity contribution in [2.75, 3.05) is 0 Å². The molecule has 0 aromatic carbocycles. The van der Waals surface area contributed by atoms with Crippen molar-refractivity contribution >= 4 is 13.1 Å². The second kappa shape index (κ2) is 4.02. The van der Waals surface area contributed by atoms with E-state index in [1.165, 1.54) is 0 Å². The van der Waals surface area contributed by atoms with Crippen LogP contribution in [0.25, 0.3) is 0 Å². The number of fused-ring (bicyclic) bond motifs is 1. The predicted molar refractivity (Wildman–Crippen MR) is 56.5 cm³/mol. The highest BCUT2D eigenvalue weighted by Crippen LogP contribution is 2.64. The standard InChI is InChI=1S/C10H17BO5/c12-8-2-1-6(3-4-11(15)16)7-5-10(7,8)9(13)14/h6-8,12,15-16H,1-5H2,(H,13,14)/t6-,7?,8-,10+/m0/s1. The van der Waals surface area contributed by atoms with E-state index in [-0.39, 0.29) is 18.2 Å². The van der Waals surface area contributed by atoms with E-state index in [1.807, 2.05) is 0 Å². The smallest absolute Gasteiger partial charge is 0.451 e. The second-order valence-corrected chi connectivity index (χ2v) is 5.07. The summed E-state index contributed by atoms with van der Waals surface area (Å²) in [6.45, 7) is 0. The van der Waals surface area contributed by atoms with Gasteiger partial charge in [-0.1, -0.05) is 6.42 Å². The fourth-order valence-corrected chi connectivity index (χ4v) is 3.20. The van der Waals surface area contributed by atoms with Crippen molar-refractivity contribution in [3.05, 3.63) is 0 Å². The molecule has 90 valence electrons. The molecule has 0 heterocycles. The molecule has 0 spiro atoms. The van der Waals surface area contributed by atoms with Crippen LogP contribution in [0.15, 0.2) is 0 Å². The van der Waals surface area contributed by atoms with Crippen molar-refractivity contribution in [3.8, 4) is 0 Å². The SMILES string of the molecule is O=C(O)[C@]12CC1[C@H](CCB(O)O)CC[C@@H]2O. The maximum atomic E-state index is 11.2. The molecule has 0 aromatic heterocycles. The number of carboxylic acid groups (broad SMARTS) is 1. The Kier molecular flexibility index (Phi) is 2.98. The lowest BCUT2D eigenvalue weighted by molar-refractivity contribution is -0.151. The van der Waals surface area contributed by atoms with Crippen LogP contribution in [0.2, 0.25) is 6.32 Å². The summed E-state index contributed by atoms with van der Waals surface area (Å²) < 4.78 is 0. The Hall–Kier alpha value is -0.585. The van der Waals surface area contributed by atoms with Crippen molar-refractivity contribution in [2.24, 2.45) is 17.3 Å². The fourth-order valence-electron chi connectivity index (χ4n) is 3.20. The summed E-state index contributed by atoms with van der Waals surface area (Å²) in [5, 5.41) is 36.5. The van der Waals surface area contributed by atoms with E-state index in [0.29, 0.717) is 19.3 Å². The minimum atomic E-state index is -1.31. The normalized spacial score (nSPS) is 41.3. The van der Waals surface area contributed by atoms with Crippen molar-refractivity contribution in [1.29, 1.82) is 0 Å². The van der Waals surface area contributed by atoms with Gasteiger partial charge in [-0.15, -0.1) is 0 Å². The number of hydrogen-bond acceptors (Lipinski definition) is 4. The van der Waals surface area contributed by atoms with E-state index < -0.39 is 24.6 Å². The van der Waals surface area contributed by atoms with E-state index in [0.717, 1.165) is 6.42 Å². The molecule has 0 saturated heterocycles. The van der Waals surface area contributed by atoms with E-state index in [4.69, 9.17) is 15.2 Å². The topological polar surface area (TPSA) is 98.0 Å². The van der Waals surface area contributed by atoms with Crippen molar-refractivity contribution in [3.63, 3.8) is 0 Å². The van der Waals surface area contributed by atoms with Crippen LogP contribution in [-0.4, -0.2) is 39.5 Å². The number of hydrogen-bond donors (Lipinski definition) is 4. The first kappa shape index (κ1) is 11.9. The molecular weight excluding hydrogens is 211 g/mol. The zero-order valence-corrected chi connectivity index (χ0v) is 9.04. The summed E-state index contributed by atoms with van der Waals surface area (Å²) in [5.74, 6) is -0.673. The van der Waals surface area contributed by atoms with Crippen LogP contribution in [0.1, 0.15) is 25.7 Å². The maximum Gasteiger partial charge on any atom is 0.451 e. The first-order valence-corrected chi connectivity index (χ1v) is 5.76. The van der Waals surface area contributed by atoms with Gasteiger partial charge in [-0.3, -0.25) is 4.79 Å². The molecule has 5 nitrogen and oxygen atoms in total. The van der Waals surface area contributed by atoms with Gasteiger partial charge in [-0.2, -0.15) is 0 Å². The third-order valence-corrected chi connectivity index (χ3v) is 4.23. The van der Waals surface area contributed by atoms with Gasteiger partial charge in [0.1, 0.15) is 0 Å². The molecule has 0 aliphatic heterocycles. The van der Waals surface area contributed by atoms with Gasteiger partial charge < -0.3 is 20.3 Å². The van der Waals surface area contributed by atoms with E-state index in [9.17, 15) is 9.90 Å². The largest absolute Gasteiger partial charge is 0.481 e. The van der Waals surface area contributed by atoms with Gasteiger partial charge >= 0.3 is 13.1 Å². The highest BCUT2D eigenvalue weighted by atomic mass is 16.4. The fraction of sp³-hybridized carbons (Fsp3) is 0.900. The van der Waals surface area contributed by atoms with Gasteiger partial charge in [0.25, 0.3) is 0 Å². The lowest BCUT2D eigenvalue weighted by Gasteiger charge is -2.30. The highest BCUT2D eigenvalue weighted by molar-refractivity contribution is 6.40. The molecule has 0 bridgehead atoms. The summed E-state index contributed by atoms with van der Waals surface area (Å²) in [7, 11) is -1.31. The van der Waals surface area contributed by atoms with Gasteiger partial charge in [0.2, 0.25) is 0 Å². The van der Waals surface area contributed by atoms with Crippen LogP contribution in [0.5, 0.6) is 0 Å². The Morgan fingerprint density at radius 2 is 2.06 bits per heavy atom. The molecule has 16 heavy (non-hydrogen) atoms. The minimum Gasteiger partial charge on any atom is -0.481 e. The third-order valence-electron chi connectivity index (χ3n) is 4.23. The first-order valence-electron chi connectivity index (χ1n) is 5.76. The molecular formula is C10H17BO5. The number of rotatable bonds is 4. The molecule has 1 unspecified atom stereocenters. The van der Waals surface area contributed by atoms with Crippen molar-refractivity contribution < 1.29 is 25.1 Å². The molecule has 0 amide bonds. The number of carbonyl (C=O) groups is 1. The summed E-state index contributed by atoms with van der Waals surface area (Å²) in [6, 6.07) is 0.